The van der Waals surface area contributed by atoms with Crippen molar-refractivity contribution in [2.24, 2.45) is 0 Å². The lowest BCUT2D eigenvalue weighted by Crippen LogP contribution is -2.38. The fraction of sp³-hybridized carbons (Fsp3) is 0.346. The van der Waals surface area contributed by atoms with Crippen LogP contribution in [0, 0.1) is 0 Å². The lowest BCUT2D eigenvalue weighted by Gasteiger charge is -2.29. The van der Waals surface area contributed by atoms with Gasteiger partial charge in [-0.15, -0.1) is 0 Å². The number of imidazole rings is 1. The first-order chi connectivity index (χ1) is 17.1. The molecule has 8 nitrogen and oxygen atoms in total. The van der Waals surface area contributed by atoms with E-state index in [1.165, 1.54) is 0 Å². The number of halogens is 1. The number of likely N-dealkylation sites (tertiary alicyclic amines) is 1. The molecule has 182 valence electrons. The van der Waals surface area contributed by atoms with Crippen LogP contribution in [0.2, 0.25) is 5.02 Å². The van der Waals surface area contributed by atoms with Crippen LogP contribution in [0.1, 0.15) is 25.3 Å². The maximum atomic E-state index is 9.69. The molecular weight excluding hydrogens is 464 g/mol. The molecule has 35 heavy (non-hydrogen) atoms. The lowest BCUT2D eigenvalue weighted by atomic mass is 10.1. The minimum atomic E-state index is -0.162. The number of rotatable bonds is 8. The number of aromatic nitrogens is 4. The third kappa shape index (κ3) is 5.56. The molecule has 2 aromatic heterocycles. The van der Waals surface area contributed by atoms with Crippen molar-refractivity contribution in [3.63, 3.8) is 0 Å². The largest absolute Gasteiger partial charge is 0.492 e. The zero-order chi connectivity index (χ0) is 24.2. The first kappa shape index (κ1) is 23.5. The van der Waals surface area contributed by atoms with Crippen LogP contribution in [0.5, 0.6) is 5.75 Å². The second-order valence-electron chi connectivity index (χ2n) is 8.73. The van der Waals surface area contributed by atoms with Gasteiger partial charge in [0, 0.05) is 31.4 Å². The third-order valence-corrected chi connectivity index (χ3v) is 6.54. The van der Waals surface area contributed by atoms with Crippen molar-refractivity contribution in [3.05, 3.63) is 65.6 Å². The number of ether oxygens (including phenoxy) is 1. The Hall–Kier alpha value is -3.20. The molecule has 0 unspecified atom stereocenters. The molecule has 2 N–H and O–H groups in total. The van der Waals surface area contributed by atoms with Crippen molar-refractivity contribution in [1.29, 1.82) is 0 Å². The van der Waals surface area contributed by atoms with Crippen LogP contribution in [0.25, 0.3) is 16.9 Å². The molecule has 9 heteroatoms. The summed E-state index contributed by atoms with van der Waals surface area (Å²) in [6.45, 7) is 5.37. The van der Waals surface area contributed by atoms with Gasteiger partial charge in [0.05, 0.1) is 23.3 Å². The molecule has 0 saturated carbocycles. The Bertz CT molecular complexity index is 1300. The molecule has 0 amide bonds. The van der Waals surface area contributed by atoms with E-state index in [1.807, 2.05) is 34.9 Å². The Morgan fingerprint density at radius 3 is 2.80 bits per heavy atom. The predicted octanol–water partition coefficient (Wildman–Crippen LogP) is 4.61. The Morgan fingerprint density at radius 1 is 1.14 bits per heavy atom. The number of aliphatic hydroxyl groups is 1. The van der Waals surface area contributed by atoms with E-state index in [0.29, 0.717) is 23.4 Å². The number of aliphatic hydroxyl groups excluding tert-OH is 1. The summed E-state index contributed by atoms with van der Waals surface area (Å²) in [4.78, 5) is 15.8. The maximum Gasteiger partial charge on any atom is 0.229 e. The average Bonchev–Trinajstić information content (AvgIpc) is 3.30. The zero-order valence-electron chi connectivity index (χ0n) is 19.7. The molecule has 0 aliphatic carbocycles. The van der Waals surface area contributed by atoms with E-state index in [-0.39, 0.29) is 6.10 Å². The maximum absolute atomic E-state index is 9.69. The number of hydrogen-bond acceptors (Lipinski definition) is 7. The van der Waals surface area contributed by atoms with Crippen LogP contribution in [0.4, 0.5) is 11.6 Å². The monoisotopic (exact) mass is 492 g/mol. The molecule has 2 aromatic carbocycles. The second kappa shape index (κ2) is 10.6. The molecule has 1 saturated heterocycles. The minimum Gasteiger partial charge on any atom is -0.492 e. The molecule has 0 spiro atoms. The summed E-state index contributed by atoms with van der Waals surface area (Å²) in [6.07, 6.45) is 5.69. The quantitative estimate of drug-likeness (QED) is 0.371. The topological polar surface area (TPSA) is 88.3 Å². The molecule has 0 atom stereocenters. The summed E-state index contributed by atoms with van der Waals surface area (Å²) >= 11 is 6.45. The van der Waals surface area contributed by atoms with Gasteiger partial charge >= 0.3 is 0 Å². The van der Waals surface area contributed by atoms with Crippen LogP contribution < -0.4 is 10.1 Å². The van der Waals surface area contributed by atoms with Gasteiger partial charge in [0.1, 0.15) is 23.7 Å². The number of para-hydroxylation sites is 2. The SMILES string of the molecule is CCc1cc(Nc2ncc(Cl)c(-n3cnc4ccccc43)n2)cc(OCCN2CCC(O)CC2)c1. The van der Waals surface area contributed by atoms with Crippen molar-refractivity contribution in [1.82, 2.24) is 24.4 Å². The van der Waals surface area contributed by atoms with Crippen molar-refractivity contribution in [2.45, 2.75) is 32.3 Å². The molecule has 0 radical (unpaired) electrons. The summed E-state index contributed by atoms with van der Waals surface area (Å²) in [6, 6.07) is 13.9. The van der Waals surface area contributed by atoms with E-state index < -0.39 is 0 Å². The molecule has 3 heterocycles. The van der Waals surface area contributed by atoms with E-state index >= 15 is 0 Å². The van der Waals surface area contributed by atoms with E-state index in [4.69, 9.17) is 16.3 Å². The van der Waals surface area contributed by atoms with Gasteiger partial charge in [-0.05, 0) is 49.1 Å². The molecule has 4 aromatic rings. The van der Waals surface area contributed by atoms with Crippen molar-refractivity contribution >= 4 is 34.3 Å². The minimum absolute atomic E-state index is 0.162. The first-order valence-corrected chi connectivity index (χ1v) is 12.4. The van der Waals surface area contributed by atoms with Crippen LogP contribution in [-0.4, -0.2) is 61.9 Å². The van der Waals surface area contributed by atoms with Crippen LogP contribution >= 0.6 is 11.6 Å². The highest BCUT2D eigenvalue weighted by atomic mass is 35.5. The van der Waals surface area contributed by atoms with Gasteiger partial charge in [-0.25, -0.2) is 9.97 Å². The lowest BCUT2D eigenvalue weighted by molar-refractivity contribution is 0.0755. The standard InChI is InChI=1S/C26H29ClN6O2/c1-2-18-13-19(15-21(14-18)35-12-11-32-9-7-20(34)8-10-32)30-26-28-16-22(27)25(31-26)33-17-29-23-5-3-4-6-24(23)33/h3-6,13-17,20,34H,2,7-12H2,1H3,(H,28,30,31). The molecule has 0 bridgehead atoms. The summed E-state index contributed by atoms with van der Waals surface area (Å²) in [7, 11) is 0. The average molecular weight is 493 g/mol. The Morgan fingerprint density at radius 2 is 1.97 bits per heavy atom. The molecular formula is C26H29ClN6O2. The molecule has 5 rings (SSSR count). The first-order valence-electron chi connectivity index (χ1n) is 12.0. The third-order valence-electron chi connectivity index (χ3n) is 6.27. The number of fused-ring (bicyclic) bond motifs is 1. The van der Waals surface area contributed by atoms with Crippen LogP contribution in [-0.2, 0) is 6.42 Å². The van der Waals surface area contributed by atoms with Gasteiger partial charge in [0.25, 0.3) is 0 Å². The highest BCUT2D eigenvalue weighted by Gasteiger charge is 2.17. The summed E-state index contributed by atoms with van der Waals surface area (Å²) in [5, 5.41) is 13.4. The van der Waals surface area contributed by atoms with E-state index in [2.05, 4.69) is 44.2 Å². The highest BCUT2D eigenvalue weighted by Crippen LogP contribution is 2.27. The number of piperidine rings is 1. The molecule has 1 aliphatic heterocycles. The number of aryl methyl sites for hydroxylation is 1. The molecule has 1 aliphatic rings. The van der Waals surface area contributed by atoms with Gasteiger partial charge in [-0.1, -0.05) is 30.7 Å². The number of anilines is 2. The summed E-state index contributed by atoms with van der Waals surface area (Å²) in [5.41, 5.74) is 3.80. The predicted molar refractivity (Wildman–Crippen MR) is 138 cm³/mol. The van der Waals surface area contributed by atoms with Gasteiger partial charge in [-0.3, -0.25) is 9.47 Å². The van der Waals surface area contributed by atoms with E-state index in [0.717, 1.165) is 66.9 Å². The van der Waals surface area contributed by atoms with Crippen molar-refractivity contribution in [2.75, 3.05) is 31.6 Å². The normalized spacial score (nSPS) is 14.9. The number of benzene rings is 2. The van der Waals surface area contributed by atoms with Gasteiger partial charge in [-0.2, -0.15) is 4.98 Å². The Labute approximate surface area is 209 Å². The number of nitrogens with zero attached hydrogens (tertiary/aromatic N) is 5. The fourth-order valence-corrected chi connectivity index (χ4v) is 4.48. The van der Waals surface area contributed by atoms with Crippen molar-refractivity contribution in [3.8, 4) is 11.6 Å². The smallest absolute Gasteiger partial charge is 0.229 e. The number of hydrogen-bond donors (Lipinski definition) is 2. The molecule has 1 fully saturated rings. The van der Waals surface area contributed by atoms with Crippen LogP contribution in [0.3, 0.4) is 0 Å². The van der Waals surface area contributed by atoms with Crippen LogP contribution in [0.15, 0.2) is 55.0 Å². The highest BCUT2D eigenvalue weighted by molar-refractivity contribution is 6.32. The van der Waals surface area contributed by atoms with Crippen molar-refractivity contribution < 1.29 is 9.84 Å². The van der Waals surface area contributed by atoms with E-state index in [1.54, 1.807) is 12.5 Å². The second-order valence-corrected chi connectivity index (χ2v) is 9.14. The van der Waals surface area contributed by atoms with Gasteiger partial charge in [0.15, 0.2) is 5.82 Å². The number of nitrogens with one attached hydrogen (secondary N) is 1. The Balaban J connectivity index is 1.32. The fourth-order valence-electron chi connectivity index (χ4n) is 4.30. The van der Waals surface area contributed by atoms with E-state index in [9.17, 15) is 5.11 Å². The zero-order valence-corrected chi connectivity index (χ0v) is 20.4. The summed E-state index contributed by atoms with van der Waals surface area (Å²) < 4.78 is 7.95. The van der Waals surface area contributed by atoms with Gasteiger partial charge < -0.3 is 15.2 Å². The Kier molecular flexibility index (Phi) is 7.13. The van der Waals surface area contributed by atoms with Gasteiger partial charge in [0.2, 0.25) is 5.95 Å². The summed E-state index contributed by atoms with van der Waals surface area (Å²) in [5.74, 6) is 1.81.